The standard InChI is InChI=1S/C11H15NO5/c1-16-7-5-12(4-6-13)11(15)9-2-3-10(14)17-8-9/h2-3,8,13H,4-7H2,1H3. The van der Waals surface area contributed by atoms with E-state index in [9.17, 15) is 9.59 Å². The quantitative estimate of drug-likeness (QED) is 0.741. The van der Waals surface area contributed by atoms with Crippen LogP contribution in [0.15, 0.2) is 27.6 Å². The lowest BCUT2D eigenvalue weighted by molar-refractivity contribution is 0.0654. The van der Waals surface area contributed by atoms with Crippen LogP contribution in [0, 0.1) is 0 Å². The number of hydrogen-bond donors (Lipinski definition) is 1. The number of methoxy groups -OCH3 is 1. The van der Waals surface area contributed by atoms with Crippen molar-refractivity contribution in [3.8, 4) is 0 Å². The van der Waals surface area contributed by atoms with Gasteiger partial charge in [-0.1, -0.05) is 0 Å². The molecule has 1 amide bonds. The molecule has 94 valence electrons. The van der Waals surface area contributed by atoms with E-state index in [1.165, 1.54) is 24.1 Å². The smallest absolute Gasteiger partial charge is 0.335 e. The Morgan fingerprint density at radius 3 is 2.76 bits per heavy atom. The second-order valence-corrected chi connectivity index (χ2v) is 3.35. The summed E-state index contributed by atoms with van der Waals surface area (Å²) in [4.78, 5) is 24.1. The van der Waals surface area contributed by atoms with Crippen molar-refractivity contribution < 1.29 is 19.1 Å². The summed E-state index contributed by atoms with van der Waals surface area (Å²) in [6.45, 7) is 0.825. The molecule has 1 N–H and O–H groups in total. The zero-order chi connectivity index (χ0) is 12.7. The van der Waals surface area contributed by atoms with E-state index >= 15 is 0 Å². The van der Waals surface area contributed by atoms with Crippen LogP contribution in [-0.2, 0) is 4.74 Å². The molecule has 0 bridgehead atoms. The largest absolute Gasteiger partial charge is 0.430 e. The van der Waals surface area contributed by atoms with Crippen LogP contribution >= 0.6 is 0 Å². The van der Waals surface area contributed by atoms with Gasteiger partial charge in [0, 0.05) is 26.3 Å². The molecule has 0 spiro atoms. The van der Waals surface area contributed by atoms with Gasteiger partial charge in [-0.25, -0.2) is 4.79 Å². The summed E-state index contributed by atoms with van der Waals surface area (Å²) in [5, 5.41) is 8.87. The Labute approximate surface area is 98.4 Å². The normalized spacial score (nSPS) is 10.2. The third kappa shape index (κ3) is 4.01. The first-order valence-electron chi connectivity index (χ1n) is 5.17. The Morgan fingerprint density at radius 1 is 1.47 bits per heavy atom. The van der Waals surface area contributed by atoms with Crippen molar-refractivity contribution in [3.63, 3.8) is 0 Å². The van der Waals surface area contributed by atoms with Crippen molar-refractivity contribution in [3.05, 3.63) is 34.4 Å². The average molecular weight is 241 g/mol. The van der Waals surface area contributed by atoms with Crippen LogP contribution in [0.5, 0.6) is 0 Å². The summed E-state index contributed by atoms with van der Waals surface area (Å²) in [6, 6.07) is 2.58. The van der Waals surface area contributed by atoms with Crippen LogP contribution in [0.25, 0.3) is 0 Å². The van der Waals surface area contributed by atoms with Gasteiger partial charge < -0.3 is 19.2 Å². The van der Waals surface area contributed by atoms with Gasteiger partial charge in [0.2, 0.25) is 0 Å². The van der Waals surface area contributed by atoms with Gasteiger partial charge in [0.25, 0.3) is 5.91 Å². The van der Waals surface area contributed by atoms with Crippen LogP contribution in [0.2, 0.25) is 0 Å². The van der Waals surface area contributed by atoms with Crippen LogP contribution < -0.4 is 5.63 Å². The number of rotatable bonds is 6. The molecule has 1 rings (SSSR count). The second kappa shape index (κ2) is 6.82. The van der Waals surface area contributed by atoms with Crippen LogP contribution in [0.1, 0.15) is 10.4 Å². The molecule has 0 unspecified atom stereocenters. The van der Waals surface area contributed by atoms with E-state index < -0.39 is 5.63 Å². The van der Waals surface area contributed by atoms with E-state index in [1.54, 1.807) is 0 Å². The Morgan fingerprint density at radius 2 is 2.24 bits per heavy atom. The molecule has 0 aliphatic heterocycles. The van der Waals surface area contributed by atoms with Gasteiger partial charge in [-0.05, 0) is 6.07 Å². The number of carbonyl (C=O) groups excluding carboxylic acids is 1. The zero-order valence-corrected chi connectivity index (χ0v) is 9.59. The summed E-state index contributed by atoms with van der Waals surface area (Å²) in [5.74, 6) is -0.306. The molecule has 1 heterocycles. The fourth-order valence-electron chi connectivity index (χ4n) is 1.30. The van der Waals surface area contributed by atoms with Crippen molar-refractivity contribution in [2.24, 2.45) is 0 Å². The van der Waals surface area contributed by atoms with E-state index in [-0.39, 0.29) is 24.6 Å². The highest BCUT2D eigenvalue weighted by molar-refractivity contribution is 5.93. The predicted molar refractivity (Wildman–Crippen MR) is 59.8 cm³/mol. The highest BCUT2D eigenvalue weighted by atomic mass is 16.5. The highest BCUT2D eigenvalue weighted by Crippen LogP contribution is 2.02. The summed E-state index contributed by atoms with van der Waals surface area (Å²) >= 11 is 0. The summed E-state index contributed by atoms with van der Waals surface area (Å²) in [5.41, 5.74) is -0.235. The lowest BCUT2D eigenvalue weighted by Gasteiger charge is -2.20. The molecule has 1 aromatic rings. The molecule has 0 atom stereocenters. The predicted octanol–water partition coefficient (Wildman–Crippen LogP) is -0.279. The van der Waals surface area contributed by atoms with Gasteiger partial charge in [-0.3, -0.25) is 4.79 Å². The van der Waals surface area contributed by atoms with E-state index in [4.69, 9.17) is 9.84 Å². The Kier molecular flexibility index (Phi) is 5.38. The molecule has 0 fully saturated rings. The maximum Gasteiger partial charge on any atom is 0.335 e. The molecule has 0 saturated heterocycles. The van der Waals surface area contributed by atoms with E-state index in [0.29, 0.717) is 13.2 Å². The van der Waals surface area contributed by atoms with Gasteiger partial charge in [0.1, 0.15) is 6.26 Å². The molecule has 0 aliphatic rings. The van der Waals surface area contributed by atoms with E-state index in [0.717, 1.165) is 6.26 Å². The van der Waals surface area contributed by atoms with Crippen molar-refractivity contribution in [2.75, 3.05) is 33.4 Å². The number of nitrogens with zero attached hydrogens (tertiary/aromatic N) is 1. The van der Waals surface area contributed by atoms with Gasteiger partial charge in [0.15, 0.2) is 0 Å². The molecular weight excluding hydrogens is 226 g/mol. The number of aliphatic hydroxyl groups excluding tert-OH is 1. The maximum absolute atomic E-state index is 11.9. The first-order chi connectivity index (χ1) is 8.19. The van der Waals surface area contributed by atoms with E-state index in [2.05, 4.69) is 4.42 Å². The molecule has 0 aromatic carbocycles. The monoisotopic (exact) mass is 241 g/mol. The fraction of sp³-hybridized carbons (Fsp3) is 0.455. The first-order valence-corrected chi connectivity index (χ1v) is 5.17. The molecule has 0 radical (unpaired) electrons. The Balaban J connectivity index is 2.75. The number of aliphatic hydroxyl groups is 1. The molecule has 6 heteroatoms. The summed E-state index contributed by atoms with van der Waals surface area (Å²) in [6.07, 6.45) is 1.11. The minimum absolute atomic E-state index is 0.133. The van der Waals surface area contributed by atoms with Crippen molar-refractivity contribution in [2.45, 2.75) is 0 Å². The van der Waals surface area contributed by atoms with Crippen LogP contribution in [0.3, 0.4) is 0 Å². The number of amides is 1. The minimum Gasteiger partial charge on any atom is -0.430 e. The van der Waals surface area contributed by atoms with Crippen molar-refractivity contribution in [1.82, 2.24) is 4.90 Å². The highest BCUT2D eigenvalue weighted by Gasteiger charge is 2.15. The lowest BCUT2D eigenvalue weighted by Crippen LogP contribution is -2.36. The van der Waals surface area contributed by atoms with Crippen LogP contribution in [0.4, 0.5) is 0 Å². The Bertz CT molecular complexity index is 394. The fourth-order valence-corrected chi connectivity index (χ4v) is 1.30. The number of hydrogen-bond acceptors (Lipinski definition) is 5. The Hall–Kier alpha value is -1.66. The first kappa shape index (κ1) is 13.4. The maximum atomic E-state index is 11.9. The van der Waals surface area contributed by atoms with Crippen LogP contribution in [-0.4, -0.2) is 49.3 Å². The van der Waals surface area contributed by atoms with Crippen molar-refractivity contribution in [1.29, 1.82) is 0 Å². The minimum atomic E-state index is -0.507. The zero-order valence-electron chi connectivity index (χ0n) is 9.59. The number of ether oxygens (including phenoxy) is 1. The third-order valence-corrected chi connectivity index (χ3v) is 2.17. The average Bonchev–Trinajstić information content (AvgIpc) is 2.34. The number of carbonyl (C=O) groups is 1. The van der Waals surface area contributed by atoms with Gasteiger partial charge in [-0.15, -0.1) is 0 Å². The topological polar surface area (TPSA) is 80.0 Å². The second-order valence-electron chi connectivity index (χ2n) is 3.35. The molecule has 0 saturated carbocycles. The molecule has 6 nitrogen and oxygen atoms in total. The van der Waals surface area contributed by atoms with E-state index in [1.807, 2.05) is 0 Å². The lowest BCUT2D eigenvalue weighted by atomic mass is 10.2. The molecule has 17 heavy (non-hydrogen) atoms. The summed E-state index contributed by atoms with van der Waals surface area (Å²) < 4.78 is 9.49. The van der Waals surface area contributed by atoms with Gasteiger partial charge in [-0.2, -0.15) is 0 Å². The van der Waals surface area contributed by atoms with Crippen molar-refractivity contribution >= 4 is 5.91 Å². The molecular formula is C11H15NO5. The SMILES string of the molecule is COCCN(CCO)C(=O)c1ccc(=O)oc1. The third-order valence-electron chi connectivity index (χ3n) is 2.17. The molecule has 1 aromatic heterocycles. The summed E-state index contributed by atoms with van der Waals surface area (Å²) in [7, 11) is 1.53. The van der Waals surface area contributed by atoms with Gasteiger partial charge >= 0.3 is 5.63 Å². The van der Waals surface area contributed by atoms with Gasteiger partial charge in [0.05, 0.1) is 18.8 Å². The molecule has 0 aliphatic carbocycles.